The summed E-state index contributed by atoms with van der Waals surface area (Å²) in [6, 6.07) is 20.5. The first-order valence-corrected chi connectivity index (χ1v) is 9.47. The third-order valence-electron chi connectivity index (χ3n) is 6.63. The van der Waals surface area contributed by atoms with Gasteiger partial charge in [0.15, 0.2) is 14.5 Å². The fraction of sp³-hybridized carbons (Fsp3) is 0.333. The van der Waals surface area contributed by atoms with E-state index in [2.05, 4.69) is 80.6 Å². The highest BCUT2D eigenvalue weighted by Crippen LogP contribution is 2.69. The number of allylic oxidation sites excluding steroid dienone is 2. The maximum Gasteiger partial charge on any atom is 0.165 e. The van der Waals surface area contributed by atoms with Crippen molar-refractivity contribution in [1.29, 1.82) is 0 Å². The van der Waals surface area contributed by atoms with Gasteiger partial charge < -0.3 is 0 Å². The molecule has 0 spiro atoms. The maximum absolute atomic E-state index is 2.57. The Kier molecular flexibility index (Phi) is 2.41. The topological polar surface area (TPSA) is 0 Å². The first kappa shape index (κ1) is 13.0. The summed E-state index contributed by atoms with van der Waals surface area (Å²) in [6.07, 6.45) is 6.36. The van der Waals surface area contributed by atoms with Crippen molar-refractivity contribution in [2.45, 2.75) is 40.2 Å². The van der Waals surface area contributed by atoms with Gasteiger partial charge >= 0.3 is 0 Å². The predicted molar refractivity (Wildman–Crippen MR) is 93.3 cm³/mol. The first-order valence-electron chi connectivity index (χ1n) is 8.24. The molecule has 0 saturated heterocycles. The van der Waals surface area contributed by atoms with E-state index in [1.54, 1.807) is 10.5 Å². The lowest BCUT2D eigenvalue weighted by atomic mass is 9.66. The summed E-state index contributed by atoms with van der Waals surface area (Å²) >= 11 is 0. The van der Waals surface area contributed by atoms with Crippen molar-refractivity contribution in [3.05, 3.63) is 72.3 Å². The molecule has 0 amide bonds. The Labute approximate surface area is 135 Å². The van der Waals surface area contributed by atoms with Crippen LogP contribution in [0.1, 0.15) is 25.8 Å². The smallest absolute Gasteiger partial charge is 0.0838 e. The van der Waals surface area contributed by atoms with Crippen LogP contribution in [-0.2, 0) is 16.3 Å². The van der Waals surface area contributed by atoms with Crippen molar-refractivity contribution in [2.24, 2.45) is 11.8 Å². The highest BCUT2D eigenvalue weighted by atomic mass is 32.2. The molecule has 3 aliphatic rings. The van der Waals surface area contributed by atoms with Gasteiger partial charge in [0.1, 0.15) is 0 Å². The van der Waals surface area contributed by atoms with E-state index in [0.717, 1.165) is 5.92 Å². The van der Waals surface area contributed by atoms with E-state index in [4.69, 9.17) is 0 Å². The Balaban J connectivity index is 1.83. The van der Waals surface area contributed by atoms with E-state index in [9.17, 15) is 0 Å². The van der Waals surface area contributed by atoms with E-state index >= 15 is 0 Å². The summed E-state index contributed by atoms with van der Waals surface area (Å²) in [5.41, 5.74) is 1.91. The fourth-order valence-corrected chi connectivity index (χ4v) is 8.86. The summed E-state index contributed by atoms with van der Waals surface area (Å²) in [4.78, 5) is 3.11. The van der Waals surface area contributed by atoms with Crippen molar-refractivity contribution < 1.29 is 0 Å². The van der Waals surface area contributed by atoms with Crippen molar-refractivity contribution >= 4 is 10.9 Å². The van der Waals surface area contributed by atoms with Gasteiger partial charge in [-0.3, -0.25) is 0 Å². The molecule has 2 bridgehead atoms. The standard InChI is InChI=1S/C21H21S/c1-20-15-12-13-16(14-15)21(20,2)22(17-8-4-3-5-9-17)19-11-7-6-10-18(19)20/h3-13,15-16H,14H2,1-2H3/q+1/t15-,16+,20+,21+,22?/m0/s1. The number of fused-ring (bicyclic) bond motifs is 7. The van der Waals surface area contributed by atoms with Crippen molar-refractivity contribution in [1.82, 2.24) is 0 Å². The molecule has 22 heavy (non-hydrogen) atoms. The fourth-order valence-electron chi connectivity index (χ4n) is 5.35. The molecule has 5 atom stereocenters. The zero-order valence-electron chi connectivity index (χ0n) is 13.1. The summed E-state index contributed by atoms with van der Waals surface area (Å²) < 4.78 is 0.331. The summed E-state index contributed by atoms with van der Waals surface area (Å²) in [5.74, 6) is 1.43. The Morgan fingerprint density at radius 3 is 2.36 bits per heavy atom. The molecule has 0 radical (unpaired) electrons. The summed E-state index contributed by atoms with van der Waals surface area (Å²) in [7, 11) is 0.173. The normalized spacial score (nSPS) is 40.7. The molecule has 1 heterocycles. The molecular formula is C21H21S+. The second-order valence-corrected chi connectivity index (χ2v) is 9.63. The van der Waals surface area contributed by atoms with Gasteiger partial charge in [-0.25, -0.2) is 0 Å². The van der Waals surface area contributed by atoms with Gasteiger partial charge in [0.2, 0.25) is 0 Å². The van der Waals surface area contributed by atoms with Crippen LogP contribution in [0.5, 0.6) is 0 Å². The first-order chi connectivity index (χ1) is 10.7. The molecule has 2 aliphatic carbocycles. The quantitative estimate of drug-likeness (QED) is 0.516. The second-order valence-electron chi connectivity index (χ2n) is 7.26. The highest BCUT2D eigenvalue weighted by molar-refractivity contribution is 7.98. The molecule has 5 rings (SSSR count). The molecule has 1 heteroatoms. The van der Waals surface area contributed by atoms with Crippen LogP contribution in [0.3, 0.4) is 0 Å². The lowest BCUT2D eigenvalue weighted by Crippen LogP contribution is -2.50. The van der Waals surface area contributed by atoms with E-state index in [-0.39, 0.29) is 10.9 Å². The van der Waals surface area contributed by atoms with Crippen LogP contribution in [0.25, 0.3) is 0 Å². The van der Waals surface area contributed by atoms with Crippen LogP contribution in [0.2, 0.25) is 0 Å². The molecule has 110 valence electrons. The van der Waals surface area contributed by atoms with Gasteiger partial charge in [0, 0.05) is 11.5 Å². The minimum atomic E-state index is 0.173. The van der Waals surface area contributed by atoms with Crippen LogP contribution in [0, 0.1) is 11.8 Å². The molecule has 1 saturated carbocycles. The third-order valence-corrected chi connectivity index (χ3v) is 9.75. The van der Waals surface area contributed by atoms with Crippen LogP contribution >= 0.6 is 0 Å². The van der Waals surface area contributed by atoms with E-state index in [1.165, 1.54) is 11.3 Å². The SMILES string of the molecule is C[C@@]12c3ccccc3[S+](c3ccccc3)[C@]1(C)[C@@H]1C=C[C@H]2C1. The minimum absolute atomic E-state index is 0.173. The molecule has 2 aromatic rings. The predicted octanol–water partition coefficient (Wildman–Crippen LogP) is 4.96. The lowest BCUT2D eigenvalue weighted by molar-refractivity contribution is 0.331. The molecule has 1 unspecified atom stereocenters. The van der Waals surface area contributed by atoms with E-state index < -0.39 is 0 Å². The van der Waals surface area contributed by atoms with Gasteiger partial charge in [-0.05, 0) is 44.4 Å². The monoisotopic (exact) mass is 305 g/mol. The molecule has 0 aromatic heterocycles. The third kappa shape index (κ3) is 1.25. The van der Waals surface area contributed by atoms with Crippen LogP contribution in [-0.4, -0.2) is 4.75 Å². The van der Waals surface area contributed by atoms with Gasteiger partial charge in [0.05, 0.1) is 16.3 Å². The Morgan fingerprint density at radius 1 is 0.864 bits per heavy atom. The van der Waals surface area contributed by atoms with Gasteiger partial charge in [-0.15, -0.1) is 0 Å². The van der Waals surface area contributed by atoms with E-state index in [1.807, 2.05) is 0 Å². The molecular weight excluding hydrogens is 284 g/mol. The molecule has 1 aliphatic heterocycles. The van der Waals surface area contributed by atoms with Gasteiger partial charge in [0.25, 0.3) is 0 Å². The molecule has 0 nitrogen and oxygen atoms in total. The second kappa shape index (κ2) is 4.08. The van der Waals surface area contributed by atoms with Gasteiger partial charge in [-0.1, -0.05) is 48.6 Å². The molecule has 2 aromatic carbocycles. The summed E-state index contributed by atoms with van der Waals surface area (Å²) in [5, 5.41) is 0. The molecule has 1 fully saturated rings. The Hall–Kier alpha value is -1.47. The average Bonchev–Trinajstić information content (AvgIpc) is 3.17. The Morgan fingerprint density at radius 2 is 1.55 bits per heavy atom. The zero-order chi connectivity index (χ0) is 14.9. The van der Waals surface area contributed by atoms with Crippen molar-refractivity contribution in [3.63, 3.8) is 0 Å². The number of hydrogen-bond donors (Lipinski definition) is 0. The largest absolute Gasteiger partial charge is 0.165 e. The average molecular weight is 305 g/mol. The number of hydrogen-bond acceptors (Lipinski definition) is 0. The van der Waals surface area contributed by atoms with Crippen LogP contribution < -0.4 is 0 Å². The maximum atomic E-state index is 2.57. The van der Waals surface area contributed by atoms with Crippen LogP contribution in [0.15, 0.2) is 76.5 Å². The number of benzene rings is 2. The summed E-state index contributed by atoms with van der Waals surface area (Å²) in [6.45, 7) is 5.10. The highest BCUT2D eigenvalue weighted by Gasteiger charge is 2.76. The van der Waals surface area contributed by atoms with Crippen molar-refractivity contribution in [3.8, 4) is 0 Å². The Bertz CT molecular complexity index is 778. The zero-order valence-corrected chi connectivity index (χ0v) is 13.9. The van der Waals surface area contributed by atoms with Crippen LogP contribution in [0.4, 0.5) is 0 Å². The van der Waals surface area contributed by atoms with Gasteiger partial charge in [-0.2, -0.15) is 0 Å². The molecule has 0 N–H and O–H groups in total. The van der Waals surface area contributed by atoms with E-state index in [0.29, 0.717) is 16.1 Å². The number of rotatable bonds is 1. The van der Waals surface area contributed by atoms with Crippen molar-refractivity contribution in [2.75, 3.05) is 0 Å². The minimum Gasteiger partial charge on any atom is -0.0838 e. The lowest BCUT2D eigenvalue weighted by Gasteiger charge is -2.39.